The first-order chi connectivity index (χ1) is 20.2. The van der Waals surface area contributed by atoms with Crippen molar-refractivity contribution >= 4 is 74.7 Å². The van der Waals surface area contributed by atoms with Crippen LogP contribution in [0.4, 0.5) is 16.2 Å². The van der Waals surface area contributed by atoms with Gasteiger partial charge in [0.15, 0.2) is 11.5 Å². The molecular formula is C30H23ClN4O6S. The number of benzene rings is 3. The Hall–Kier alpha value is -4.74. The molecule has 3 aromatic carbocycles. The zero-order valence-electron chi connectivity index (χ0n) is 22.2. The van der Waals surface area contributed by atoms with Crippen molar-refractivity contribution in [2.75, 3.05) is 24.0 Å². The van der Waals surface area contributed by atoms with E-state index in [0.29, 0.717) is 33.5 Å². The average Bonchev–Trinajstić information content (AvgIpc) is 3.64. The molecule has 1 fully saturated rings. The van der Waals surface area contributed by atoms with E-state index in [2.05, 4.69) is 10.6 Å². The average molecular weight is 603 g/mol. The number of ether oxygens (including phenoxy) is 2. The van der Waals surface area contributed by atoms with Crippen LogP contribution in [0.2, 0.25) is 5.02 Å². The summed E-state index contributed by atoms with van der Waals surface area (Å²) in [5, 5.41) is 6.27. The number of halogens is 1. The molecule has 6 rings (SSSR count). The maximum Gasteiger partial charge on any atom is 0.294 e. The molecule has 0 bridgehead atoms. The van der Waals surface area contributed by atoms with Crippen molar-refractivity contribution in [1.29, 1.82) is 0 Å². The lowest BCUT2D eigenvalue weighted by molar-refractivity contribution is -0.127. The van der Waals surface area contributed by atoms with Crippen LogP contribution in [0, 0.1) is 6.92 Å². The summed E-state index contributed by atoms with van der Waals surface area (Å²) in [5.74, 6) is -0.173. The second kappa shape index (κ2) is 11.3. The molecule has 3 heterocycles. The Balaban J connectivity index is 1.17. The highest BCUT2D eigenvalue weighted by Gasteiger charge is 2.36. The minimum atomic E-state index is -0.570. The van der Waals surface area contributed by atoms with Crippen LogP contribution in [0.25, 0.3) is 17.0 Å². The maximum absolute atomic E-state index is 13.1. The number of hydrogen-bond donors (Lipinski definition) is 2. The molecule has 1 aromatic heterocycles. The zero-order valence-corrected chi connectivity index (χ0v) is 23.8. The van der Waals surface area contributed by atoms with Crippen molar-refractivity contribution < 1.29 is 28.7 Å². The number of fused-ring (bicyclic) bond motifs is 2. The van der Waals surface area contributed by atoms with E-state index in [4.69, 9.17) is 21.1 Å². The minimum Gasteiger partial charge on any atom is -0.454 e. The largest absolute Gasteiger partial charge is 0.454 e. The van der Waals surface area contributed by atoms with E-state index >= 15 is 0 Å². The molecule has 0 unspecified atom stereocenters. The summed E-state index contributed by atoms with van der Waals surface area (Å²) in [6, 6.07) is 17.7. The second-order valence-electron chi connectivity index (χ2n) is 9.63. The number of carbonyl (C=O) groups is 4. The third kappa shape index (κ3) is 5.56. The number of anilines is 2. The number of nitrogens with zero attached hydrogens (tertiary/aromatic N) is 2. The van der Waals surface area contributed by atoms with Gasteiger partial charge >= 0.3 is 0 Å². The molecule has 0 saturated carbocycles. The molecule has 10 nitrogen and oxygen atoms in total. The molecule has 0 atom stereocenters. The molecular weight excluding hydrogens is 580 g/mol. The second-order valence-corrected chi connectivity index (χ2v) is 11.0. The Bertz CT molecular complexity index is 1820. The third-order valence-corrected chi connectivity index (χ3v) is 8.02. The number of hydrogen-bond acceptors (Lipinski definition) is 7. The van der Waals surface area contributed by atoms with Crippen LogP contribution in [0.3, 0.4) is 0 Å². The number of nitrogens with one attached hydrogen (secondary N) is 2. The summed E-state index contributed by atoms with van der Waals surface area (Å²) in [7, 11) is 0. The van der Waals surface area contributed by atoms with E-state index in [0.717, 1.165) is 33.1 Å². The van der Waals surface area contributed by atoms with Crippen molar-refractivity contribution in [2.24, 2.45) is 0 Å². The Kier molecular flexibility index (Phi) is 7.36. The van der Waals surface area contributed by atoms with Crippen LogP contribution >= 0.6 is 23.4 Å². The summed E-state index contributed by atoms with van der Waals surface area (Å²) in [4.78, 5) is 52.4. The Morgan fingerprint density at radius 2 is 1.67 bits per heavy atom. The number of imide groups is 1. The Morgan fingerprint density at radius 3 is 2.48 bits per heavy atom. The standard InChI is InChI=1S/C30H23ClN4O6S/c1-17-6-7-19(11-22(17)31)32-28(37)15-35-29(38)26(42-30(35)39)10-18-13-34(23-5-3-2-4-21(18)23)14-27(36)33-20-8-9-24-25(12-20)41-16-40-24/h2-13H,14-16H2,1H3,(H,32,37)(H,33,36)/b26-10+. The maximum atomic E-state index is 13.1. The van der Waals surface area contributed by atoms with Crippen LogP contribution in [0.5, 0.6) is 11.5 Å². The van der Waals surface area contributed by atoms with Gasteiger partial charge in [0.1, 0.15) is 13.1 Å². The number of aromatic nitrogens is 1. The van der Waals surface area contributed by atoms with Crippen molar-refractivity contribution in [3.8, 4) is 11.5 Å². The van der Waals surface area contributed by atoms with Gasteiger partial charge in [-0.3, -0.25) is 24.1 Å². The third-order valence-electron chi connectivity index (χ3n) is 6.71. The number of amides is 4. The van der Waals surface area contributed by atoms with E-state index in [9.17, 15) is 19.2 Å². The fourth-order valence-corrected chi connectivity index (χ4v) is 5.65. The Labute approximate surface area is 249 Å². The van der Waals surface area contributed by atoms with Crippen molar-refractivity contribution in [1.82, 2.24) is 9.47 Å². The molecule has 0 aliphatic carbocycles. The fourth-order valence-electron chi connectivity index (χ4n) is 4.64. The van der Waals surface area contributed by atoms with Crippen LogP contribution in [-0.4, -0.2) is 45.8 Å². The van der Waals surface area contributed by atoms with Crippen LogP contribution in [0.15, 0.2) is 71.8 Å². The SMILES string of the molecule is Cc1ccc(NC(=O)CN2C(=O)S/C(=C/c3cn(CC(=O)Nc4ccc5c(c4)OCO5)c4ccccc34)C2=O)cc1Cl. The summed E-state index contributed by atoms with van der Waals surface area (Å²) in [6.07, 6.45) is 3.36. The van der Waals surface area contributed by atoms with Gasteiger partial charge in [-0.15, -0.1) is 0 Å². The summed E-state index contributed by atoms with van der Waals surface area (Å²) >= 11 is 6.88. The fraction of sp³-hybridized carbons (Fsp3) is 0.133. The topological polar surface area (TPSA) is 119 Å². The lowest BCUT2D eigenvalue weighted by Crippen LogP contribution is -2.36. The highest BCUT2D eigenvalue weighted by atomic mass is 35.5. The van der Waals surface area contributed by atoms with E-state index in [1.54, 1.807) is 53.2 Å². The van der Waals surface area contributed by atoms with Gasteiger partial charge in [-0.2, -0.15) is 0 Å². The van der Waals surface area contributed by atoms with E-state index in [-0.39, 0.29) is 24.2 Å². The molecule has 12 heteroatoms. The smallest absolute Gasteiger partial charge is 0.294 e. The van der Waals surface area contributed by atoms with Gasteiger partial charge in [-0.1, -0.05) is 35.9 Å². The van der Waals surface area contributed by atoms with Gasteiger partial charge in [0.2, 0.25) is 18.6 Å². The highest BCUT2D eigenvalue weighted by Crippen LogP contribution is 2.35. The van der Waals surface area contributed by atoms with E-state index in [1.165, 1.54) is 0 Å². The van der Waals surface area contributed by atoms with Gasteiger partial charge < -0.3 is 24.7 Å². The molecule has 0 spiro atoms. The Morgan fingerprint density at radius 1 is 0.952 bits per heavy atom. The summed E-state index contributed by atoms with van der Waals surface area (Å²) < 4.78 is 12.5. The lowest BCUT2D eigenvalue weighted by Gasteiger charge is -2.12. The first kappa shape index (κ1) is 27.4. The monoisotopic (exact) mass is 602 g/mol. The van der Waals surface area contributed by atoms with Crippen LogP contribution in [0.1, 0.15) is 11.1 Å². The summed E-state index contributed by atoms with van der Waals surface area (Å²) in [5.41, 5.74) is 3.33. The van der Waals surface area contributed by atoms with Crippen molar-refractivity contribution in [3.63, 3.8) is 0 Å². The normalized spacial score (nSPS) is 15.1. The minimum absolute atomic E-state index is 0.00741. The summed E-state index contributed by atoms with van der Waals surface area (Å²) in [6.45, 7) is 1.55. The number of aryl methyl sites for hydroxylation is 1. The number of para-hydroxylation sites is 1. The molecule has 212 valence electrons. The van der Waals surface area contributed by atoms with Crippen LogP contribution < -0.4 is 20.1 Å². The van der Waals surface area contributed by atoms with E-state index < -0.39 is 23.6 Å². The van der Waals surface area contributed by atoms with Gasteiger partial charge in [0, 0.05) is 45.1 Å². The first-order valence-corrected chi connectivity index (χ1v) is 14.0. The molecule has 2 aliphatic rings. The van der Waals surface area contributed by atoms with Crippen molar-refractivity contribution in [2.45, 2.75) is 13.5 Å². The first-order valence-electron chi connectivity index (χ1n) is 12.8. The molecule has 1 saturated heterocycles. The molecule has 2 aliphatic heterocycles. The highest BCUT2D eigenvalue weighted by molar-refractivity contribution is 8.18. The van der Waals surface area contributed by atoms with E-state index in [1.807, 2.05) is 31.2 Å². The molecule has 2 N–H and O–H groups in total. The predicted octanol–water partition coefficient (Wildman–Crippen LogP) is 5.65. The quantitative estimate of drug-likeness (QED) is 0.263. The lowest BCUT2D eigenvalue weighted by atomic mass is 10.1. The number of carbonyl (C=O) groups excluding carboxylic acids is 4. The van der Waals surface area contributed by atoms with Gasteiger partial charge in [-0.05, 0) is 60.7 Å². The van der Waals surface area contributed by atoms with Crippen molar-refractivity contribution in [3.05, 3.63) is 87.9 Å². The number of thioether (sulfide) groups is 1. The van der Waals surface area contributed by atoms with Gasteiger partial charge in [0.25, 0.3) is 11.1 Å². The van der Waals surface area contributed by atoms with Crippen LogP contribution in [-0.2, 0) is 20.9 Å². The molecule has 4 amide bonds. The molecule has 4 aromatic rings. The van der Waals surface area contributed by atoms with Gasteiger partial charge in [-0.25, -0.2) is 0 Å². The molecule has 42 heavy (non-hydrogen) atoms. The van der Waals surface area contributed by atoms with Gasteiger partial charge in [0.05, 0.1) is 4.91 Å². The molecule has 0 radical (unpaired) electrons. The number of rotatable bonds is 7. The zero-order chi connectivity index (χ0) is 29.4. The predicted molar refractivity (Wildman–Crippen MR) is 161 cm³/mol.